The summed E-state index contributed by atoms with van der Waals surface area (Å²) in [6.45, 7) is 4.51. The monoisotopic (exact) mass is 138 g/mol. The van der Waals surface area contributed by atoms with Crippen LogP contribution in [0.3, 0.4) is 0 Å². The summed E-state index contributed by atoms with van der Waals surface area (Å²) in [5.41, 5.74) is 0. The summed E-state index contributed by atoms with van der Waals surface area (Å²) in [5.74, 6) is -0.833. The summed E-state index contributed by atoms with van der Waals surface area (Å²) in [5, 5.41) is 7.42. The Kier molecular flexibility index (Phi) is 8.91. The van der Waals surface area contributed by atoms with Gasteiger partial charge in [0.1, 0.15) is 0 Å². The zero-order chi connectivity index (χ0) is 7.15. The van der Waals surface area contributed by atoms with E-state index in [0.29, 0.717) is 0 Å². The van der Waals surface area contributed by atoms with Crippen molar-refractivity contribution in [3.8, 4) is 0 Å². The second kappa shape index (κ2) is 6.70. The molecule has 8 heavy (non-hydrogen) atoms. The van der Waals surface area contributed by atoms with Crippen LogP contribution in [0.5, 0.6) is 0 Å². The van der Waals surface area contributed by atoms with Gasteiger partial charge >= 0.3 is 0 Å². The van der Waals surface area contributed by atoms with Gasteiger partial charge < -0.3 is 9.67 Å². The molecule has 0 aliphatic heterocycles. The van der Waals surface area contributed by atoms with Crippen LogP contribution >= 0.6 is 7.80 Å². The molecule has 0 saturated heterocycles. The molecule has 3 nitrogen and oxygen atoms in total. The lowest BCUT2D eigenvalue weighted by Gasteiger charge is -1.59. The maximum absolute atomic E-state index is 9.63. The highest BCUT2D eigenvalue weighted by Crippen LogP contribution is 2.00. The van der Waals surface area contributed by atoms with Crippen LogP contribution in [0.2, 0.25) is 0 Å². The summed E-state index contributed by atoms with van der Waals surface area (Å²) in [6.07, 6.45) is 0. The predicted molar refractivity (Wildman–Crippen MR) is 34.2 cm³/mol. The summed E-state index contributed by atoms with van der Waals surface area (Å²) in [4.78, 5) is 9.00. The minimum Gasteiger partial charge on any atom is -0.481 e. The van der Waals surface area contributed by atoms with E-state index < -0.39 is 13.8 Å². The van der Waals surface area contributed by atoms with Gasteiger partial charge in [-0.1, -0.05) is 0 Å². The molecular weight excluding hydrogens is 127 g/mol. The van der Waals surface area contributed by atoms with Gasteiger partial charge in [-0.05, 0) is 13.3 Å². The Balaban J connectivity index is 0. The number of carboxylic acids is 1. The Morgan fingerprint density at radius 3 is 1.50 bits per heavy atom. The van der Waals surface area contributed by atoms with Crippen LogP contribution in [0.25, 0.3) is 0 Å². The van der Waals surface area contributed by atoms with E-state index in [9.17, 15) is 4.57 Å². The Morgan fingerprint density at radius 1 is 1.50 bits per heavy atom. The molecule has 0 aliphatic rings. The molecule has 0 heterocycles. The first kappa shape index (κ1) is 10.6. The van der Waals surface area contributed by atoms with Gasteiger partial charge in [-0.2, -0.15) is 0 Å². The quantitative estimate of drug-likeness (QED) is 0.506. The highest BCUT2D eigenvalue weighted by Gasteiger charge is 1.65. The molecule has 1 N–H and O–H groups in total. The van der Waals surface area contributed by atoms with E-state index in [4.69, 9.17) is 9.90 Å². The number of carboxylic acid groups (broad SMARTS) is 1. The Labute approximate surface area is 49.5 Å². The molecule has 0 unspecified atom stereocenters. The van der Waals surface area contributed by atoms with E-state index >= 15 is 0 Å². The van der Waals surface area contributed by atoms with E-state index in [-0.39, 0.29) is 0 Å². The second-order valence-corrected chi connectivity index (χ2v) is 3.24. The molecule has 0 aromatic rings. The second-order valence-electron chi connectivity index (χ2n) is 1.43. The third-order valence-corrected chi connectivity index (χ3v) is 0. The maximum Gasteiger partial charge on any atom is 0.300 e. The molecule has 0 fully saturated rings. The zero-order valence-electron chi connectivity index (χ0n) is 5.26. The number of carbonyl (C=O) groups is 1. The molecule has 0 aromatic heterocycles. The van der Waals surface area contributed by atoms with Gasteiger partial charge in [-0.15, -0.1) is 0 Å². The lowest BCUT2D eigenvalue weighted by atomic mass is 10.9. The van der Waals surface area contributed by atoms with Gasteiger partial charge in [0.2, 0.25) is 0 Å². The van der Waals surface area contributed by atoms with Crippen molar-refractivity contribution in [2.45, 2.75) is 6.92 Å². The standard InChI is InChI=1S/C2H4O2.C2H7OP/c1-2(3)4;1-4(2)3/h1H3,(H,3,4);4H,1-2H3. The van der Waals surface area contributed by atoms with Crippen molar-refractivity contribution in [2.24, 2.45) is 0 Å². The van der Waals surface area contributed by atoms with Crippen LogP contribution < -0.4 is 0 Å². The van der Waals surface area contributed by atoms with Crippen molar-refractivity contribution in [3.63, 3.8) is 0 Å². The highest BCUT2D eigenvalue weighted by atomic mass is 31.1. The normalized spacial score (nSPS) is 7.50. The van der Waals surface area contributed by atoms with Gasteiger partial charge in [-0.3, -0.25) is 4.79 Å². The molecule has 4 heteroatoms. The van der Waals surface area contributed by atoms with Crippen LogP contribution in [-0.4, -0.2) is 24.4 Å². The molecule has 50 valence electrons. The summed E-state index contributed by atoms with van der Waals surface area (Å²) in [7, 11) is -1.13. The Hall–Kier alpha value is -0.300. The molecular formula is C4H11O3P. The average Bonchev–Trinajstić information content (AvgIpc) is 1.25. The first-order chi connectivity index (χ1) is 3.46. The average molecular weight is 138 g/mol. The van der Waals surface area contributed by atoms with Gasteiger partial charge in [0.15, 0.2) is 0 Å². The first-order valence-corrected chi connectivity index (χ1v) is 4.54. The smallest absolute Gasteiger partial charge is 0.300 e. The number of rotatable bonds is 0. The molecule has 0 aromatic carbocycles. The van der Waals surface area contributed by atoms with E-state index in [1.54, 1.807) is 13.3 Å². The minimum atomic E-state index is -1.13. The van der Waals surface area contributed by atoms with Crippen LogP contribution in [0, 0.1) is 0 Å². The van der Waals surface area contributed by atoms with Crippen LogP contribution in [0.4, 0.5) is 0 Å². The van der Waals surface area contributed by atoms with Crippen molar-refractivity contribution in [1.29, 1.82) is 0 Å². The molecule has 0 aliphatic carbocycles. The van der Waals surface area contributed by atoms with Gasteiger partial charge in [-0.25, -0.2) is 0 Å². The van der Waals surface area contributed by atoms with Crippen molar-refractivity contribution in [2.75, 3.05) is 13.3 Å². The highest BCUT2D eigenvalue weighted by molar-refractivity contribution is 7.42. The minimum absolute atomic E-state index is 0.833. The van der Waals surface area contributed by atoms with Gasteiger partial charge in [0.25, 0.3) is 5.97 Å². The van der Waals surface area contributed by atoms with E-state index in [1.165, 1.54) is 0 Å². The van der Waals surface area contributed by atoms with E-state index in [2.05, 4.69) is 0 Å². The van der Waals surface area contributed by atoms with Crippen LogP contribution in [0.1, 0.15) is 6.92 Å². The Bertz CT molecular complexity index is 69.3. The van der Waals surface area contributed by atoms with Gasteiger partial charge in [0.05, 0.1) is 7.80 Å². The fourth-order valence-corrected chi connectivity index (χ4v) is 0. The molecule has 0 bridgehead atoms. The van der Waals surface area contributed by atoms with Crippen molar-refractivity contribution in [1.82, 2.24) is 0 Å². The summed E-state index contributed by atoms with van der Waals surface area (Å²) < 4.78 is 9.63. The van der Waals surface area contributed by atoms with Crippen molar-refractivity contribution < 1.29 is 14.5 Å². The topological polar surface area (TPSA) is 54.4 Å². The fourth-order valence-electron chi connectivity index (χ4n) is 0. The first-order valence-electron chi connectivity index (χ1n) is 2.13. The van der Waals surface area contributed by atoms with E-state index in [1.807, 2.05) is 0 Å². The van der Waals surface area contributed by atoms with Crippen LogP contribution in [0.15, 0.2) is 0 Å². The molecule has 0 saturated carbocycles. The summed E-state index contributed by atoms with van der Waals surface area (Å²) in [6, 6.07) is 0. The number of aliphatic carboxylic acids is 1. The summed E-state index contributed by atoms with van der Waals surface area (Å²) >= 11 is 0. The predicted octanol–water partition coefficient (Wildman–Crippen LogP) is 0.897. The largest absolute Gasteiger partial charge is 0.481 e. The van der Waals surface area contributed by atoms with Gasteiger partial charge in [0, 0.05) is 6.92 Å². The third-order valence-electron chi connectivity index (χ3n) is 0. The lowest BCUT2D eigenvalue weighted by Crippen LogP contribution is -1.78. The molecule has 0 radical (unpaired) electrons. The maximum atomic E-state index is 9.63. The third kappa shape index (κ3) is 1400. The zero-order valence-corrected chi connectivity index (χ0v) is 6.26. The molecule has 0 rings (SSSR count). The fraction of sp³-hybridized carbons (Fsp3) is 0.750. The molecule has 0 amide bonds. The Morgan fingerprint density at radius 2 is 1.50 bits per heavy atom. The molecule has 0 spiro atoms. The van der Waals surface area contributed by atoms with Crippen molar-refractivity contribution in [3.05, 3.63) is 0 Å². The van der Waals surface area contributed by atoms with Crippen LogP contribution in [-0.2, 0) is 9.36 Å². The lowest BCUT2D eigenvalue weighted by molar-refractivity contribution is -0.134. The number of hydrogen-bond acceptors (Lipinski definition) is 2. The number of hydrogen-bond donors (Lipinski definition) is 1. The molecule has 0 atom stereocenters. The van der Waals surface area contributed by atoms with E-state index in [0.717, 1.165) is 6.92 Å². The SMILES string of the molecule is CC(=O)O.C[PH](C)=O. The van der Waals surface area contributed by atoms with Crippen molar-refractivity contribution >= 4 is 13.8 Å².